The number of H-pyrrole nitrogens is 1. The van der Waals surface area contributed by atoms with Crippen LogP contribution in [0.4, 0.5) is 0 Å². The third-order valence-electron chi connectivity index (χ3n) is 6.02. The Morgan fingerprint density at radius 1 is 1.21 bits per heavy atom. The van der Waals surface area contributed by atoms with E-state index in [1.165, 1.54) is 0 Å². The molecule has 1 aromatic heterocycles. The van der Waals surface area contributed by atoms with Crippen LogP contribution in [0.5, 0.6) is 0 Å². The summed E-state index contributed by atoms with van der Waals surface area (Å²) in [4.78, 5) is 32.5. The number of hydrogen-bond donors (Lipinski definition) is 2. The van der Waals surface area contributed by atoms with Gasteiger partial charge >= 0.3 is 0 Å². The van der Waals surface area contributed by atoms with Gasteiger partial charge in [-0.1, -0.05) is 12.1 Å². The monoisotopic (exact) mass is 398 g/mol. The van der Waals surface area contributed by atoms with Crippen molar-refractivity contribution in [3.63, 3.8) is 0 Å². The van der Waals surface area contributed by atoms with Gasteiger partial charge in [-0.25, -0.2) is 0 Å². The molecule has 0 spiro atoms. The Labute approximate surface area is 171 Å². The van der Waals surface area contributed by atoms with E-state index in [2.05, 4.69) is 15.2 Å². The number of hydrogen-bond acceptors (Lipinski definition) is 4. The number of nitrogens with one attached hydrogen (secondary N) is 2. The number of ether oxygens (including phenoxy) is 1. The molecule has 2 fully saturated rings. The second-order valence-corrected chi connectivity index (χ2v) is 7.96. The summed E-state index contributed by atoms with van der Waals surface area (Å²) in [5, 5.41) is 4.22. The number of fused-ring (bicyclic) bond motifs is 1. The quantitative estimate of drug-likeness (QED) is 0.745. The maximum Gasteiger partial charge on any atom is 0.225 e. The van der Waals surface area contributed by atoms with Gasteiger partial charge in [-0.3, -0.25) is 14.5 Å². The molecule has 3 heterocycles. The van der Waals surface area contributed by atoms with Crippen molar-refractivity contribution < 1.29 is 14.3 Å². The lowest BCUT2D eigenvalue weighted by atomic mass is 9.96. The number of rotatable bonds is 7. The minimum absolute atomic E-state index is 0.0446. The molecular weight excluding hydrogens is 368 g/mol. The van der Waals surface area contributed by atoms with Crippen molar-refractivity contribution >= 4 is 22.7 Å². The standard InChI is InChI=1S/C22H30N4O3/c27-21-6-5-18(16-26(21)10-2-9-25-11-13-29-14-12-25)22(28)24-15-17-3-1-4-20-19(17)7-8-23-20/h1,3-4,7-8,18,23H,2,5-6,9-16H2,(H,24,28)/t18-/m1/s1. The van der Waals surface area contributed by atoms with Gasteiger partial charge < -0.3 is 19.9 Å². The number of morpholine rings is 1. The largest absolute Gasteiger partial charge is 0.379 e. The Morgan fingerprint density at radius 2 is 2.07 bits per heavy atom. The molecule has 7 nitrogen and oxygen atoms in total. The average Bonchev–Trinajstić information content (AvgIpc) is 3.23. The lowest BCUT2D eigenvalue weighted by Crippen LogP contribution is -2.46. The number of aromatic nitrogens is 1. The molecule has 156 valence electrons. The molecule has 1 aromatic carbocycles. The van der Waals surface area contributed by atoms with Crippen LogP contribution in [0.2, 0.25) is 0 Å². The normalized spacial score (nSPS) is 20.9. The van der Waals surface area contributed by atoms with E-state index in [4.69, 9.17) is 4.74 Å². The summed E-state index contributed by atoms with van der Waals surface area (Å²) in [6.45, 7) is 6.26. The van der Waals surface area contributed by atoms with E-state index >= 15 is 0 Å². The molecule has 0 saturated carbocycles. The first-order chi connectivity index (χ1) is 14.2. The number of benzene rings is 1. The van der Waals surface area contributed by atoms with Crippen LogP contribution in [0.15, 0.2) is 30.5 Å². The van der Waals surface area contributed by atoms with E-state index in [0.29, 0.717) is 25.9 Å². The fourth-order valence-electron chi connectivity index (χ4n) is 4.29. The Bertz CT molecular complexity index is 843. The number of nitrogens with zero attached hydrogens (tertiary/aromatic N) is 2. The summed E-state index contributed by atoms with van der Waals surface area (Å²) in [5.74, 6) is 0.0952. The van der Waals surface area contributed by atoms with Crippen molar-refractivity contribution in [3.05, 3.63) is 36.0 Å². The lowest BCUT2D eigenvalue weighted by Gasteiger charge is -2.33. The van der Waals surface area contributed by atoms with Gasteiger partial charge in [-0.15, -0.1) is 0 Å². The van der Waals surface area contributed by atoms with Gasteiger partial charge in [-0.05, 0) is 30.5 Å². The van der Waals surface area contributed by atoms with Gasteiger partial charge in [0.15, 0.2) is 0 Å². The molecule has 0 bridgehead atoms. The van der Waals surface area contributed by atoms with Crippen molar-refractivity contribution in [1.29, 1.82) is 0 Å². The Balaban J connectivity index is 1.26. The summed E-state index contributed by atoms with van der Waals surface area (Å²) < 4.78 is 5.38. The molecule has 2 saturated heterocycles. The summed E-state index contributed by atoms with van der Waals surface area (Å²) in [6.07, 6.45) is 3.95. The number of amides is 2. The number of piperidine rings is 1. The maximum absolute atomic E-state index is 12.7. The van der Waals surface area contributed by atoms with Gasteiger partial charge in [0.05, 0.1) is 19.1 Å². The third-order valence-corrected chi connectivity index (χ3v) is 6.02. The third kappa shape index (κ3) is 4.97. The van der Waals surface area contributed by atoms with Crippen LogP contribution in [-0.4, -0.2) is 72.5 Å². The molecule has 0 unspecified atom stereocenters. The predicted octanol–water partition coefficient (Wildman–Crippen LogP) is 1.74. The van der Waals surface area contributed by atoms with Crippen LogP contribution >= 0.6 is 0 Å². The van der Waals surface area contributed by atoms with Gasteiger partial charge in [0.25, 0.3) is 0 Å². The molecule has 0 radical (unpaired) electrons. The average molecular weight is 399 g/mol. The van der Waals surface area contributed by atoms with Gasteiger partial charge in [0, 0.05) is 62.8 Å². The maximum atomic E-state index is 12.7. The molecule has 2 amide bonds. The minimum Gasteiger partial charge on any atom is -0.379 e. The molecule has 2 N–H and O–H groups in total. The van der Waals surface area contributed by atoms with Crippen LogP contribution in [0.3, 0.4) is 0 Å². The number of carbonyl (C=O) groups excluding carboxylic acids is 2. The summed E-state index contributed by atoms with van der Waals surface area (Å²) >= 11 is 0. The Hall–Kier alpha value is -2.38. The van der Waals surface area contributed by atoms with Crippen molar-refractivity contribution in [1.82, 2.24) is 20.1 Å². The smallest absolute Gasteiger partial charge is 0.225 e. The zero-order valence-electron chi connectivity index (χ0n) is 16.9. The summed E-state index contributed by atoms with van der Waals surface area (Å²) in [6, 6.07) is 8.10. The zero-order valence-corrected chi connectivity index (χ0v) is 16.9. The molecule has 29 heavy (non-hydrogen) atoms. The highest BCUT2D eigenvalue weighted by molar-refractivity contribution is 5.85. The van der Waals surface area contributed by atoms with Crippen LogP contribution < -0.4 is 5.32 Å². The molecule has 2 aliphatic heterocycles. The van der Waals surface area contributed by atoms with Crippen LogP contribution in [0.1, 0.15) is 24.8 Å². The number of likely N-dealkylation sites (tertiary alicyclic amines) is 1. The van der Waals surface area contributed by atoms with E-state index < -0.39 is 0 Å². The molecule has 2 aliphatic rings. The highest BCUT2D eigenvalue weighted by Gasteiger charge is 2.30. The number of carbonyl (C=O) groups is 2. The predicted molar refractivity (Wildman–Crippen MR) is 111 cm³/mol. The van der Waals surface area contributed by atoms with Crippen molar-refractivity contribution in [2.24, 2.45) is 5.92 Å². The first-order valence-corrected chi connectivity index (χ1v) is 10.6. The second kappa shape index (κ2) is 9.41. The molecular formula is C22H30N4O3. The molecule has 1 atom stereocenters. The first kappa shape index (κ1) is 19.9. The van der Waals surface area contributed by atoms with E-state index in [0.717, 1.165) is 62.3 Å². The second-order valence-electron chi connectivity index (χ2n) is 7.96. The summed E-state index contributed by atoms with van der Waals surface area (Å²) in [7, 11) is 0. The van der Waals surface area contributed by atoms with Crippen LogP contribution in [0, 0.1) is 5.92 Å². The first-order valence-electron chi connectivity index (χ1n) is 10.6. The molecule has 2 aromatic rings. The molecule has 4 rings (SSSR count). The van der Waals surface area contributed by atoms with E-state index in [1.54, 1.807) is 0 Å². The van der Waals surface area contributed by atoms with Crippen molar-refractivity contribution in [2.45, 2.75) is 25.8 Å². The lowest BCUT2D eigenvalue weighted by molar-refractivity contribution is -0.138. The van der Waals surface area contributed by atoms with Gasteiger partial charge in [-0.2, -0.15) is 0 Å². The Morgan fingerprint density at radius 3 is 2.93 bits per heavy atom. The topological polar surface area (TPSA) is 77.7 Å². The molecule has 7 heteroatoms. The van der Waals surface area contributed by atoms with E-state index in [-0.39, 0.29) is 17.7 Å². The van der Waals surface area contributed by atoms with E-state index in [9.17, 15) is 9.59 Å². The fourth-order valence-corrected chi connectivity index (χ4v) is 4.29. The van der Waals surface area contributed by atoms with Crippen LogP contribution in [0.25, 0.3) is 10.9 Å². The van der Waals surface area contributed by atoms with E-state index in [1.807, 2.05) is 35.4 Å². The minimum atomic E-state index is -0.124. The van der Waals surface area contributed by atoms with Crippen LogP contribution in [-0.2, 0) is 20.9 Å². The Kier molecular flexibility index (Phi) is 6.46. The SMILES string of the molecule is O=C(NCc1cccc2[nH]ccc12)[C@@H]1CCC(=O)N(CCCN2CCOCC2)C1. The highest BCUT2D eigenvalue weighted by atomic mass is 16.5. The fraction of sp³-hybridized carbons (Fsp3) is 0.545. The van der Waals surface area contributed by atoms with Gasteiger partial charge in [0.1, 0.15) is 0 Å². The highest BCUT2D eigenvalue weighted by Crippen LogP contribution is 2.20. The molecule has 0 aliphatic carbocycles. The van der Waals surface area contributed by atoms with Crippen molar-refractivity contribution in [3.8, 4) is 0 Å². The zero-order chi connectivity index (χ0) is 20.1. The van der Waals surface area contributed by atoms with Crippen molar-refractivity contribution in [2.75, 3.05) is 45.9 Å². The van der Waals surface area contributed by atoms with Gasteiger partial charge in [0.2, 0.25) is 11.8 Å². The number of aromatic amines is 1. The summed E-state index contributed by atoms with van der Waals surface area (Å²) in [5.41, 5.74) is 2.18.